The van der Waals surface area contributed by atoms with E-state index < -0.39 is 12.0 Å². The molecule has 3 heterocycles. The van der Waals surface area contributed by atoms with Crippen LogP contribution in [0.25, 0.3) is 32.9 Å². The molecule has 2 aromatic heterocycles. The summed E-state index contributed by atoms with van der Waals surface area (Å²) in [6.45, 7) is 1.82. The Bertz CT molecular complexity index is 1760. The Balaban J connectivity index is 1.43. The molecule has 5 nitrogen and oxygen atoms in total. The van der Waals surface area contributed by atoms with Crippen molar-refractivity contribution in [3.8, 4) is 17.2 Å². The highest BCUT2D eigenvalue weighted by Crippen LogP contribution is 2.53. The summed E-state index contributed by atoms with van der Waals surface area (Å²) in [5, 5.41) is 11.2. The number of nitrogens with zero attached hydrogens (tertiary/aromatic N) is 3. The van der Waals surface area contributed by atoms with Crippen LogP contribution in [0.1, 0.15) is 55.1 Å². The number of hydrogen-bond acceptors (Lipinski definition) is 3. The molecule has 2 saturated carbocycles. The van der Waals surface area contributed by atoms with Gasteiger partial charge in [-0.3, -0.25) is 4.79 Å². The number of aromatic nitrogens is 2. The molecule has 204 valence electrons. The molecule has 0 radical (unpaired) electrons. The molecule has 3 aliphatic rings. The lowest BCUT2D eigenvalue weighted by Crippen LogP contribution is -2.43. The number of alkyl halides is 1. The van der Waals surface area contributed by atoms with Gasteiger partial charge in [-0.25, -0.2) is 13.8 Å². The Morgan fingerprint density at radius 2 is 2.02 bits per heavy atom. The molecule has 1 amide bonds. The van der Waals surface area contributed by atoms with Gasteiger partial charge in [0.2, 0.25) is 5.91 Å². The van der Waals surface area contributed by atoms with E-state index >= 15 is 8.78 Å². The number of carbonyl (C=O) groups is 1. The number of rotatable bonds is 5. The minimum Gasteiger partial charge on any atom is -0.356 e. The van der Waals surface area contributed by atoms with E-state index in [1.54, 1.807) is 18.2 Å². The first-order chi connectivity index (χ1) is 19.3. The molecule has 0 spiro atoms. The van der Waals surface area contributed by atoms with Crippen molar-refractivity contribution in [2.24, 2.45) is 11.8 Å². The molecule has 4 atom stereocenters. The zero-order chi connectivity index (χ0) is 27.9. The van der Waals surface area contributed by atoms with Crippen LogP contribution in [-0.4, -0.2) is 33.0 Å². The van der Waals surface area contributed by atoms with E-state index in [-0.39, 0.29) is 52.4 Å². The van der Waals surface area contributed by atoms with Crippen molar-refractivity contribution in [1.82, 2.24) is 14.9 Å². The largest absolute Gasteiger partial charge is 0.356 e. The number of nitrogens with one attached hydrogen (secondary N) is 1. The molecular weight excluding hydrogens is 553 g/mol. The molecule has 9 heteroatoms. The number of benzene rings is 2. The zero-order valence-corrected chi connectivity index (χ0v) is 23.3. The van der Waals surface area contributed by atoms with Gasteiger partial charge in [0.25, 0.3) is 0 Å². The summed E-state index contributed by atoms with van der Waals surface area (Å²) in [5.74, 6) is -0.637. The SMILES string of the molecule is Cc1nc2c(F)c(-c3cccc(Cl)c3Cl)c(CCC#N)cc2c2[nH]c(C3C4CC(CC4F)N3C(=O)C3CC3)cc12. The van der Waals surface area contributed by atoms with Gasteiger partial charge in [0.15, 0.2) is 5.82 Å². The lowest BCUT2D eigenvalue weighted by molar-refractivity contribution is -0.138. The first-order valence-electron chi connectivity index (χ1n) is 13.7. The molecule has 7 rings (SSSR count). The number of piperidine rings is 1. The number of hydrogen-bond donors (Lipinski definition) is 1. The highest BCUT2D eigenvalue weighted by molar-refractivity contribution is 6.43. The quantitative estimate of drug-likeness (QED) is 0.260. The van der Waals surface area contributed by atoms with Crippen molar-refractivity contribution in [3.63, 3.8) is 0 Å². The summed E-state index contributed by atoms with van der Waals surface area (Å²) < 4.78 is 31.5. The van der Waals surface area contributed by atoms with Crippen molar-refractivity contribution >= 4 is 50.9 Å². The van der Waals surface area contributed by atoms with Crippen LogP contribution in [0.15, 0.2) is 30.3 Å². The second-order valence-electron chi connectivity index (χ2n) is 11.4. The van der Waals surface area contributed by atoms with E-state index in [1.165, 1.54) is 0 Å². The minimum absolute atomic E-state index is 0.0436. The van der Waals surface area contributed by atoms with Gasteiger partial charge in [-0.15, -0.1) is 0 Å². The van der Waals surface area contributed by atoms with Crippen molar-refractivity contribution in [3.05, 3.63) is 63.1 Å². The summed E-state index contributed by atoms with van der Waals surface area (Å²) in [6.07, 6.45) is 2.38. The molecule has 4 aromatic rings. The van der Waals surface area contributed by atoms with E-state index in [0.717, 1.165) is 23.9 Å². The Labute approximate surface area is 240 Å². The van der Waals surface area contributed by atoms with Crippen LogP contribution in [0, 0.1) is 35.9 Å². The Kier molecular flexibility index (Phi) is 6.07. The summed E-state index contributed by atoms with van der Waals surface area (Å²) >= 11 is 12.8. The topological polar surface area (TPSA) is 72.8 Å². The molecule has 2 bridgehead atoms. The fourth-order valence-corrected chi connectivity index (χ4v) is 7.34. The molecular formula is C31H26Cl2F2N4O. The molecule has 2 aromatic carbocycles. The monoisotopic (exact) mass is 578 g/mol. The van der Waals surface area contributed by atoms with Crippen molar-refractivity contribution in [2.75, 3.05) is 0 Å². The third-order valence-corrected chi connectivity index (χ3v) is 9.75. The maximum absolute atomic E-state index is 16.4. The van der Waals surface area contributed by atoms with Gasteiger partial charge in [-0.1, -0.05) is 35.3 Å². The fraction of sp³-hybridized carbons (Fsp3) is 0.387. The highest BCUT2D eigenvalue weighted by Gasteiger charge is 2.56. The van der Waals surface area contributed by atoms with E-state index in [1.807, 2.05) is 24.0 Å². The average Bonchev–Trinajstić information content (AvgIpc) is 3.42. The maximum atomic E-state index is 16.4. The normalized spacial score (nSPS) is 23.9. The number of pyridine rings is 1. The molecule has 2 aliphatic carbocycles. The second-order valence-corrected chi connectivity index (χ2v) is 12.1. The van der Waals surface area contributed by atoms with Crippen LogP contribution < -0.4 is 0 Å². The third kappa shape index (κ3) is 3.83. The van der Waals surface area contributed by atoms with Gasteiger partial charge < -0.3 is 9.88 Å². The molecule has 4 unspecified atom stereocenters. The standard InChI is InChI=1S/C31H26Cl2F2N4O/c1-14-19-13-24(30-20-11-17(12-23(20)34)39(30)31(40)15-7-8-15)38-28(19)21-10-16(4-3-9-36)25(27(35)29(21)37-14)18-5-2-6-22(32)26(18)33/h2,5-6,10,13,15,17,20,23,30,38H,3-4,7-8,11-12H2,1H3. The lowest BCUT2D eigenvalue weighted by Gasteiger charge is -2.36. The van der Waals surface area contributed by atoms with Gasteiger partial charge in [-0.2, -0.15) is 5.26 Å². The van der Waals surface area contributed by atoms with Crippen LogP contribution >= 0.6 is 23.2 Å². The number of nitriles is 1. The number of aromatic amines is 1. The fourth-order valence-electron chi connectivity index (χ4n) is 6.95. The average molecular weight is 579 g/mol. The third-order valence-electron chi connectivity index (χ3n) is 8.93. The van der Waals surface area contributed by atoms with Crippen molar-refractivity contribution < 1.29 is 13.6 Å². The van der Waals surface area contributed by atoms with Gasteiger partial charge in [0, 0.05) is 57.6 Å². The number of halogens is 4. The van der Waals surface area contributed by atoms with E-state index in [9.17, 15) is 10.1 Å². The van der Waals surface area contributed by atoms with Gasteiger partial charge in [0.1, 0.15) is 11.7 Å². The Hall–Kier alpha value is -3.21. The van der Waals surface area contributed by atoms with E-state index in [2.05, 4.69) is 16.0 Å². The molecule has 1 aliphatic heterocycles. The van der Waals surface area contributed by atoms with Crippen molar-refractivity contribution in [2.45, 2.75) is 63.7 Å². The first kappa shape index (κ1) is 25.7. The minimum atomic E-state index is -0.958. The summed E-state index contributed by atoms with van der Waals surface area (Å²) in [6, 6.07) is 10.6. The highest BCUT2D eigenvalue weighted by atomic mass is 35.5. The Morgan fingerprint density at radius 3 is 2.77 bits per heavy atom. The summed E-state index contributed by atoms with van der Waals surface area (Å²) in [5.41, 5.74) is 3.59. The predicted octanol–water partition coefficient (Wildman–Crippen LogP) is 8.00. The molecule has 1 N–H and O–H groups in total. The predicted molar refractivity (Wildman–Crippen MR) is 151 cm³/mol. The Morgan fingerprint density at radius 1 is 1.23 bits per heavy atom. The van der Waals surface area contributed by atoms with E-state index in [4.69, 9.17) is 23.2 Å². The first-order valence-corrected chi connectivity index (χ1v) is 14.5. The lowest BCUT2D eigenvalue weighted by atomic mass is 9.93. The number of likely N-dealkylation sites (tertiary alicyclic amines) is 1. The summed E-state index contributed by atoms with van der Waals surface area (Å²) in [4.78, 5) is 23.3. The number of fused-ring (bicyclic) bond motifs is 5. The van der Waals surface area contributed by atoms with Gasteiger partial charge in [-0.05, 0) is 62.8 Å². The molecule has 3 fully saturated rings. The molecule has 40 heavy (non-hydrogen) atoms. The second kappa shape index (κ2) is 9.43. The summed E-state index contributed by atoms with van der Waals surface area (Å²) in [7, 11) is 0. The van der Waals surface area contributed by atoms with Crippen LogP contribution in [0.2, 0.25) is 10.0 Å². The maximum Gasteiger partial charge on any atom is 0.226 e. The number of carbonyl (C=O) groups excluding carboxylic acids is 1. The van der Waals surface area contributed by atoms with Crippen molar-refractivity contribution in [1.29, 1.82) is 5.26 Å². The molecule has 1 saturated heterocycles. The van der Waals surface area contributed by atoms with E-state index in [0.29, 0.717) is 52.0 Å². The zero-order valence-electron chi connectivity index (χ0n) is 21.8. The van der Waals surface area contributed by atoms with Crippen LogP contribution in [0.5, 0.6) is 0 Å². The van der Waals surface area contributed by atoms with Crippen LogP contribution in [0.3, 0.4) is 0 Å². The van der Waals surface area contributed by atoms with Crippen LogP contribution in [0.4, 0.5) is 8.78 Å². The number of amides is 1. The number of H-pyrrole nitrogens is 1. The van der Waals surface area contributed by atoms with Crippen LogP contribution in [-0.2, 0) is 11.2 Å². The van der Waals surface area contributed by atoms with Gasteiger partial charge >= 0.3 is 0 Å². The van der Waals surface area contributed by atoms with Gasteiger partial charge in [0.05, 0.1) is 27.7 Å². The smallest absolute Gasteiger partial charge is 0.226 e. The number of aryl methyl sites for hydroxylation is 2.